The Balaban J connectivity index is 3.77. The monoisotopic (exact) mass is 312 g/mol. The van der Waals surface area contributed by atoms with Crippen molar-refractivity contribution in [1.82, 2.24) is 0 Å². The quantitative estimate of drug-likeness (QED) is 0.292. The minimum absolute atomic E-state index is 0.770. The first-order chi connectivity index (χ1) is 8.28. The van der Waals surface area contributed by atoms with Crippen molar-refractivity contribution in [2.75, 3.05) is 23.0 Å². The second-order valence-corrected chi connectivity index (χ2v) is 6.40. The normalized spacial score (nSPS) is 14.8. The molecule has 0 rings (SSSR count). The molecule has 0 N–H and O–H groups in total. The zero-order chi connectivity index (χ0) is 12.9. The first kappa shape index (κ1) is 18.4. The van der Waals surface area contributed by atoms with E-state index < -0.39 is 0 Å². The van der Waals surface area contributed by atoms with E-state index in [9.17, 15) is 0 Å². The van der Waals surface area contributed by atoms with E-state index in [2.05, 4.69) is 50.5 Å². The van der Waals surface area contributed by atoms with Gasteiger partial charge in [-0.05, 0) is 67.0 Å². The summed E-state index contributed by atoms with van der Waals surface area (Å²) in [5.74, 6) is 5.60. The van der Waals surface area contributed by atoms with Crippen molar-refractivity contribution in [3.05, 3.63) is 0 Å². The zero-order valence-electron chi connectivity index (χ0n) is 10.7. The van der Waals surface area contributed by atoms with Gasteiger partial charge in [0.05, 0.1) is 0 Å². The molecule has 0 aromatic rings. The van der Waals surface area contributed by atoms with Gasteiger partial charge in [-0.2, -0.15) is 50.5 Å². The molecule has 0 aliphatic heterocycles. The van der Waals surface area contributed by atoms with Crippen LogP contribution in [0.3, 0.4) is 0 Å². The average molecular weight is 313 g/mol. The summed E-state index contributed by atoms with van der Waals surface area (Å²) in [6, 6.07) is 0. The summed E-state index contributed by atoms with van der Waals surface area (Å²) in [6.07, 6.45) is 8.97. The molecule has 0 aromatic heterocycles. The van der Waals surface area contributed by atoms with Crippen molar-refractivity contribution < 1.29 is 0 Å². The Hall–Kier alpha value is 1.40. The van der Waals surface area contributed by atoms with Crippen LogP contribution in [0.2, 0.25) is 0 Å². The van der Waals surface area contributed by atoms with Crippen molar-refractivity contribution in [2.24, 2.45) is 11.8 Å². The van der Waals surface area contributed by atoms with E-state index in [0.29, 0.717) is 0 Å². The van der Waals surface area contributed by atoms with Crippen LogP contribution in [0.25, 0.3) is 0 Å². The fraction of sp³-hybridized carbons (Fsp3) is 1.00. The average Bonchev–Trinajstić information content (AvgIpc) is 2.36. The molecule has 0 aliphatic carbocycles. The molecule has 0 spiro atoms. The summed E-state index contributed by atoms with van der Waals surface area (Å²) in [4.78, 5) is 0. The summed E-state index contributed by atoms with van der Waals surface area (Å²) >= 11 is 17.5. The minimum atomic E-state index is 0.770. The highest BCUT2D eigenvalue weighted by atomic mass is 32.1. The fourth-order valence-electron chi connectivity index (χ4n) is 2.13. The Morgan fingerprint density at radius 2 is 1.00 bits per heavy atom. The molecule has 0 bridgehead atoms. The number of thiol groups is 4. The maximum Gasteiger partial charge on any atom is -0.00694 e. The lowest BCUT2D eigenvalue weighted by Crippen LogP contribution is -2.12. The Bertz CT molecular complexity index is 136. The molecule has 0 radical (unpaired) electrons. The van der Waals surface area contributed by atoms with Crippen LogP contribution in [0.15, 0.2) is 0 Å². The topological polar surface area (TPSA) is 0 Å². The highest BCUT2D eigenvalue weighted by molar-refractivity contribution is 7.80. The van der Waals surface area contributed by atoms with Gasteiger partial charge in [0.25, 0.3) is 0 Å². The maximum absolute atomic E-state index is 4.48. The molecule has 17 heavy (non-hydrogen) atoms. The van der Waals surface area contributed by atoms with E-state index in [0.717, 1.165) is 34.8 Å². The van der Waals surface area contributed by atoms with Crippen LogP contribution < -0.4 is 0 Å². The predicted molar refractivity (Wildman–Crippen MR) is 94.7 cm³/mol. The van der Waals surface area contributed by atoms with Gasteiger partial charge in [-0.1, -0.05) is 12.8 Å². The van der Waals surface area contributed by atoms with Crippen LogP contribution >= 0.6 is 50.5 Å². The molecule has 0 saturated carbocycles. The van der Waals surface area contributed by atoms with Crippen LogP contribution in [-0.4, -0.2) is 23.0 Å². The molecule has 0 saturated heterocycles. The standard InChI is InChI=1S/C13H28S4/c14-7-3-1-5-12(10-16)9-13(11-17)6-2-4-8-15/h12-17H,1-11H2. The Labute approximate surface area is 130 Å². The number of rotatable bonds is 12. The zero-order valence-corrected chi connectivity index (χ0v) is 14.3. The second kappa shape index (κ2) is 13.8. The van der Waals surface area contributed by atoms with Crippen molar-refractivity contribution >= 4 is 50.5 Å². The first-order valence-corrected chi connectivity index (χ1v) is 9.24. The summed E-state index contributed by atoms with van der Waals surface area (Å²) in [7, 11) is 0. The van der Waals surface area contributed by atoms with Crippen molar-refractivity contribution in [3.8, 4) is 0 Å². The van der Waals surface area contributed by atoms with Crippen LogP contribution in [0.4, 0.5) is 0 Å². The SMILES string of the molecule is SCCCCC(CS)CC(CS)CCCCS. The molecule has 0 aliphatic rings. The van der Waals surface area contributed by atoms with Gasteiger partial charge in [0.1, 0.15) is 0 Å². The van der Waals surface area contributed by atoms with E-state index in [1.54, 1.807) is 0 Å². The van der Waals surface area contributed by atoms with Crippen LogP contribution in [0.1, 0.15) is 44.9 Å². The Morgan fingerprint density at radius 3 is 1.29 bits per heavy atom. The molecular formula is C13H28S4. The van der Waals surface area contributed by atoms with Crippen LogP contribution in [0.5, 0.6) is 0 Å². The van der Waals surface area contributed by atoms with E-state index in [1.807, 2.05) is 0 Å². The largest absolute Gasteiger partial charge is 0.179 e. The van der Waals surface area contributed by atoms with Gasteiger partial charge in [0.15, 0.2) is 0 Å². The highest BCUT2D eigenvalue weighted by Crippen LogP contribution is 2.24. The summed E-state index contributed by atoms with van der Waals surface area (Å²) in [5.41, 5.74) is 0. The third-order valence-corrected chi connectivity index (χ3v) is 4.89. The van der Waals surface area contributed by atoms with E-state index in [-0.39, 0.29) is 0 Å². The van der Waals surface area contributed by atoms with Crippen LogP contribution in [0, 0.1) is 11.8 Å². The molecule has 0 aromatic carbocycles. The lowest BCUT2D eigenvalue weighted by Gasteiger charge is -2.21. The van der Waals surface area contributed by atoms with Gasteiger partial charge < -0.3 is 0 Å². The molecule has 0 nitrogen and oxygen atoms in total. The number of unbranched alkanes of at least 4 members (excludes halogenated alkanes) is 2. The number of hydrogen-bond donors (Lipinski definition) is 4. The fourth-order valence-corrected chi connectivity index (χ4v) is 3.24. The third kappa shape index (κ3) is 11.0. The van der Waals surface area contributed by atoms with Gasteiger partial charge in [0.2, 0.25) is 0 Å². The molecular weight excluding hydrogens is 284 g/mol. The predicted octanol–water partition coefficient (Wildman–Crippen LogP) is 4.67. The van der Waals surface area contributed by atoms with Crippen molar-refractivity contribution in [3.63, 3.8) is 0 Å². The van der Waals surface area contributed by atoms with Gasteiger partial charge in [-0.25, -0.2) is 0 Å². The van der Waals surface area contributed by atoms with Crippen LogP contribution in [-0.2, 0) is 0 Å². The third-order valence-electron chi connectivity index (χ3n) is 3.22. The van der Waals surface area contributed by atoms with Crippen molar-refractivity contribution in [1.29, 1.82) is 0 Å². The Morgan fingerprint density at radius 1 is 0.588 bits per heavy atom. The lowest BCUT2D eigenvalue weighted by atomic mass is 9.90. The van der Waals surface area contributed by atoms with E-state index >= 15 is 0 Å². The summed E-state index contributed by atoms with van der Waals surface area (Å²) in [6.45, 7) is 0. The molecule has 4 heteroatoms. The molecule has 2 atom stereocenters. The molecule has 2 unspecified atom stereocenters. The molecule has 0 heterocycles. The first-order valence-electron chi connectivity index (χ1n) is 6.71. The Kier molecular flexibility index (Phi) is 15.0. The maximum atomic E-state index is 4.48. The molecule has 0 amide bonds. The number of hydrogen-bond acceptors (Lipinski definition) is 4. The van der Waals surface area contributed by atoms with E-state index in [4.69, 9.17) is 0 Å². The van der Waals surface area contributed by atoms with Crippen molar-refractivity contribution in [2.45, 2.75) is 44.9 Å². The molecule has 104 valence electrons. The van der Waals surface area contributed by atoms with E-state index in [1.165, 1.54) is 44.9 Å². The van der Waals surface area contributed by atoms with Gasteiger partial charge in [-0.15, -0.1) is 0 Å². The second-order valence-electron chi connectivity index (χ2n) is 4.77. The smallest absolute Gasteiger partial charge is 0.00694 e. The summed E-state index contributed by atoms with van der Waals surface area (Å²) in [5, 5.41) is 0. The highest BCUT2D eigenvalue weighted by Gasteiger charge is 2.14. The van der Waals surface area contributed by atoms with Gasteiger partial charge in [-0.3, -0.25) is 0 Å². The minimum Gasteiger partial charge on any atom is -0.179 e. The lowest BCUT2D eigenvalue weighted by molar-refractivity contribution is 0.374. The molecule has 0 fully saturated rings. The summed E-state index contributed by atoms with van der Waals surface area (Å²) < 4.78 is 0. The van der Waals surface area contributed by atoms with Gasteiger partial charge >= 0.3 is 0 Å². The van der Waals surface area contributed by atoms with Gasteiger partial charge in [0, 0.05) is 0 Å².